The zero-order valence-corrected chi connectivity index (χ0v) is 9.84. The highest BCUT2D eigenvalue weighted by Crippen LogP contribution is 2.14. The van der Waals surface area contributed by atoms with Crippen LogP contribution in [0.4, 0.5) is 0 Å². The maximum Gasteiger partial charge on any atom is 0.242 e. The van der Waals surface area contributed by atoms with Crippen molar-refractivity contribution >= 4 is 18.0 Å². The van der Waals surface area contributed by atoms with Gasteiger partial charge < -0.3 is 9.64 Å². The molecule has 0 spiro atoms. The Hall–Kier alpha value is -0.300. The summed E-state index contributed by atoms with van der Waals surface area (Å²) in [6.07, 6.45) is 0.146. The summed E-state index contributed by atoms with van der Waals surface area (Å²) in [4.78, 5) is 14.0. The van der Waals surface area contributed by atoms with Crippen molar-refractivity contribution in [2.24, 2.45) is 0 Å². The smallest absolute Gasteiger partial charge is 0.242 e. The highest BCUT2D eigenvalue weighted by atomic mass is 32.2. The van der Waals surface area contributed by atoms with Crippen LogP contribution in [0.3, 0.4) is 0 Å². The van der Waals surface area contributed by atoms with Crippen LogP contribution < -0.4 is 9.44 Å². The first-order valence-electron chi connectivity index (χ1n) is 5.25. The normalized spacial score (nSPS) is 36.9. The van der Waals surface area contributed by atoms with Gasteiger partial charge in [-0.05, 0) is 13.8 Å². The average molecular weight is 231 g/mol. The van der Waals surface area contributed by atoms with Crippen molar-refractivity contribution < 1.29 is 9.53 Å². The SMILES string of the molecule is C[C@@H]1CN(C(=O)C2CNSN2)[C@H](C)CO1. The Labute approximate surface area is 94.2 Å². The monoisotopic (exact) mass is 231 g/mol. The lowest BCUT2D eigenvalue weighted by Crippen LogP contribution is -2.55. The molecule has 0 radical (unpaired) electrons. The van der Waals surface area contributed by atoms with Crippen LogP contribution in [-0.4, -0.2) is 48.7 Å². The molecule has 2 saturated heterocycles. The molecular weight excluding hydrogens is 214 g/mol. The van der Waals surface area contributed by atoms with Gasteiger partial charge in [-0.15, -0.1) is 0 Å². The standard InChI is InChI=1S/C9H17N3O2S/c1-6-5-14-7(2)4-12(6)9(13)8-3-10-15-11-8/h6-8,10-11H,3-5H2,1-2H3/t6-,7-,8?/m1/s1. The van der Waals surface area contributed by atoms with Crippen LogP contribution in [0, 0.1) is 0 Å². The van der Waals surface area contributed by atoms with Crippen LogP contribution in [0.25, 0.3) is 0 Å². The third-order valence-electron chi connectivity index (χ3n) is 2.75. The topological polar surface area (TPSA) is 53.6 Å². The van der Waals surface area contributed by atoms with E-state index in [0.29, 0.717) is 19.7 Å². The number of amides is 1. The highest BCUT2D eigenvalue weighted by Gasteiger charge is 2.33. The minimum Gasteiger partial charge on any atom is -0.375 e. The van der Waals surface area contributed by atoms with E-state index in [2.05, 4.69) is 9.44 Å². The van der Waals surface area contributed by atoms with E-state index in [1.165, 1.54) is 12.1 Å². The highest BCUT2D eigenvalue weighted by molar-refractivity contribution is 7.95. The Morgan fingerprint density at radius 2 is 2.33 bits per heavy atom. The molecule has 2 fully saturated rings. The second-order valence-corrected chi connectivity index (χ2v) is 4.83. The van der Waals surface area contributed by atoms with Gasteiger partial charge in [0.15, 0.2) is 0 Å². The molecule has 15 heavy (non-hydrogen) atoms. The lowest BCUT2D eigenvalue weighted by atomic mass is 10.1. The van der Waals surface area contributed by atoms with Gasteiger partial charge >= 0.3 is 0 Å². The van der Waals surface area contributed by atoms with E-state index in [1.54, 1.807) is 0 Å². The van der Waals surface area contributed by atoms with Crippen molar-refractivity contribution in [1.29, 1.82) is 0 Å². The van der Waals surface area contributed by atoms with E-state index in [4.69, 9.17) is 4.74 Å². The zero-order valence-electron chi connectivity index (χ0n) is 9.03. The first-order chi connectivity index (χ1) is 7.18. The number of hydrogen-bond donors (Lipinski definition) is 2. The van der Waals surface area contributed by atoms with Crippen LogP contribution in [0.1, 0.15) is 13.8 Å². The molecule has 0 aromatic carbocycles. The molecule has 6 heteroatoms. The summed E-state index contributed by atoms with van der Waals surface area (Å²) in [5.41, 5.74) is 0. The Morgan fingerprint density at radius 1 is 1.53 bits per heavy atom. The molecule has 0 saturated carbocycles. The number of ether oxygens (including phenoxy) is 1. The number of hydrogen-bond acceptors (Lipinski definition) is 5. The van der Waals surface area contributed by atoms with Gasteiger partial charge in [0.05, 0.1) is 18.8 Å². The maximum atomic E-state index is 12.1. The average Bonchev–Trinajstić information content (AvgIpc) is 2.74. The fraction of sp³-hybridized carbons (Fsp3) is 0.889. The molecule has 86 valence electrons. The van der Waals surface area contributed by atoms with Gasteiger partial charge in [0.25, 0.3) is 0 Å². The van der Waals surface area contributed by atoms with Crippen molar-refractivity contribution in [3.8, 4) is 0 Å². The number of carbonyl (C=O) groups is 1. The molecular formula is C9H17N3O2S. The number of morpholine rings is 1. The summed E-state index contributed by atoms with van der Waals surface area (Å²) in [6, 6.07) is 0.0869. The second kappa shape index (κ2) is 4.69. The van der Waals surface area contributed by atoms with Crippen molar-refractivity contribution in [3.63, 3.8) is 0 Å². The number of nitrogens with zero attached hydrogens (tertiary/aromatic N) is 1. The largest absolute Gasteiger partial charge is 0.375 e. The van der Waals surface area contributed by atoms with Crippen LogP contribution in [-0.2, 0) is 9.53 Å². The number of nitrogens with one attached hydrogen (secondary N) is 2. The van der Waals surface area contributed by atoms with Gasteiger partial charge in [-0.2, -0.15) is 0 Å². The molecule has 5 nitrogen and oxygen atoms in total. The summed E-state index contributed by atoms with van der Waals surface area (Å²) >= 11 is 1.40. The van der Waals surface area contributed by atoms with E-state index in [0.717, 1.165) is 0 Å². The predicted molar refractivity (Wildman–Crippen MR) is 59.1 cm³/mol. The second-order valence-electron chi connectivity index (χ2n) is 4.10. The van der Waals surface area contributed by atoms with E-state index in [-0.39, 0.29) is 24.1 Å². The molecule has 0 bridgehead atoms. The van der Waals surface area contributed by atoms with Crippen LogP contribution in [0.5, 0.6) is 0 Å². The summed E-state index contributed by atoms with van der Waals surface area (Å²) in [5, 5.41) is 0. The molecule has 2 aliphatic heterocycles. The molecule has 3 atom stereocenters. The third kappa shape index (κ3) is 2.44. The minimum atomic E-state index is -0.0947. The zero-order chi connectivity index (χ0) is 10.8. The third-order valence-corrected chi connectivity index (χ3v) is 3.46. The molecule has 1 amide bonds. The van der Waals surface area contributed by atoms with Gasteiger partial charge in [-0.1, -0.05) is 0 Å². The van der Waals surface area contributed by atoms with E-state index < -0.39 is 0 Å². The summed E-state index contributed by atoms with van der Waals surface area (Å²) in [6.45, 7) is 6.06. The quantitative estimate of drug-likeness (QED) is 0.609. The first-order valence-corrected chi connectivity index (χ1v) is 6.06. The fourth-order valence-electron chi connectivity index (χ4n) is 1.83. The first kappa shape index (κ1) is 11.2. The van der Waals surface area contributed by atoms with E-state index in [1.807, 2.05) is 18.7 Å². The van der Waals surface area contributed by atoms with E-state index >= 15 is 0 Å². The summed E-state index contributed by atoms with van der Waals surface area (Å²) < 4.78 is 11.6. The Balaban J connectivity index is 1.97. The Kier molecular flexibility index (Phi) is 3.50. The van der Waals surface area contributed by atoms with Crippen molar-refractivity contribution in [2.45, 2.75) is 32.0 Å². The van der Waals surface area contributed by atoms with Crippen molar-refractivity contribution in [2.75, 3.05) is 19.7 Å². The maximum absolute atomic E-state index is 12.1. The van der Waals surface area contributed by atoms with Crippen LogP contribution in [0.2, 0.25) is 0 Å². The lowest BCUT2D eigenvalue weighted by molar-refractivity contribution is -0.144. The molecule has 0 aromatic rings. The van der Waals surface area contributed by atoms with Gasteiger partial charge in [-0.3, -0.25) is 4.79 Å². The van der Waals surface area contributed by atoms with Gasteiger partial charge in [-0.25, -0.2) is 9.44 Å². The molecule has 1 unspecified atom stereocenters. The fourth-order valence-corrected chi connectivity index (χ4v) is 2.49. The minimum absolute atomic E-state index is 0.0947. The molecule has 0 aromatic heterocycles. The molecule has 2 heterocycles. The van der Waals surface area contributed by atoms with Gasteiger partial charge in [0.1, 0.15) is 6.04 Å². The predicted octanol–water partition coefficient (Wildman–Crippen LogP) is -0.253. The molecule has 2 aliphatic rings. The lowest BCUT2D eigenvalue weighted by Gasteiger charge is -2.37. The number of carbonyl (C=O) groups excluding carboxylic acids is 1. The van der Waals surface area contributed by atoms with Gasteiger partial charge in [0.2, 0.25) is 5.91 Å². The van der Waals surface area contributed by atoms with Crippen molar-refractivity contribution in [1.82, 2.24) is 14.3 Å². The Bertz CT molecular complexity index is 246. The Morgan fingerprint density at radius 3 is 3.00 bits per heavy atom. The summed E-state index contributed by atoms with van der Waals surface area (Å²) in [7, 11) is 0. The summed E-state index contributed by atoms with van der Waals surface area (Å²) in [5.74, 6) is 0.176. The molecule has 2 rings (SSSR count). The number of rotatable bonds is 1. The van der Waals surface area contributed by atoms with Crippen molar-refractivity contribution in [3.05, 3.63) is 0 Å². The van der Waals surface area contributed by atoms with Crippen LogP contribution in [0.15, 0.2) is 0 Å². The van der Waals surface area contributed by atoms with Crippen LogP contribution >= 0.6 is 12.1 Å². The molecule has 2 N–H and O–H groups in total. The van der Waals surface area contributed by atoms with E-state index in [9.17, 15) is 4.79 Å². The van der Waals surface area contributed by atoms with Gasteiger partial charge in [0, 0.05) is 25.2 Å². The molecule has 0 aliphatic carbocycles.